The Hall–Kier alpha value is -2.62. The largest absolute Gasteiger partial charge is 2.00 e. The number of pyridine rings is 1. The summed E-state index contributed by atoms with van der Waals surface area (Å²) in [7, 11) is 1.48. The zero-order valence-electron chi connectivity index (χ0n) is 12.3. The number of carbonyl (C=O) groups excluding carboxylic acids is 1. The Morgan fingerprint density at radius 1 is 1.30 bits per heavy atom. The van der Waals surface area contributed by atoms with Crippen molar-refractivity contribution in [1.29, 1.82) is 0 Å². The number of ether oxygens (including phenoxy) is 1. The summed E-state index contributed by atoms with van der Waals surface area (Å²) >= 11 is 0. The van der Waals surface area contributed by atoms with Crippen LogP contribution in [0.3, 0.4) is 0 Å². The van der Waals surface area contributed by atoms with Crippen LogP contribution in [0.2, 0.25) is 0 Å². The molecule has 2 aromatic rings. The molecule has 0 aliphatic heterocycles. The number of benzene rings is 1. The fourth-order valence-electron chi connectivity index (χ4n) is 1.29. The molecule has 8 nitrogen and oxygen atoms in total. The van der Waals surface area contributed by atoms with Crippen molar-refractivity contribution in [2.75, 3.05) is 7.11 Å². The number of hydrogen-bond donors (Lipinski definition) is 1. The van der Waals surface area contributed by atoms with Crippen LogP contribution in [-0.2, 0) is 16.8 Å². The number of methoxy groups -OCH3 is 1. The van der Waals surface area contributed by atoms with Gasteiger partial charge in [0.1, 0.15) is 0 Å². The van der Waals surface area contributed by atoms with Crippen molar-refractivity contribution in [3.05, 3.63) is 59.8 Å². The van der Waals surface area contributed by atoms with Crippen LogP contribution in [-0.4, -0.2) is 39.7 Å². The maximum atomic E-state index is 8.54. The Balaban J connectivity index is 0. The normalized spacial score (nSPS) is 8.74. The maximum Gasteiger partial charge on any atom is 2.00 e. The SMILES string of the molecule is COc1cccc(C=N[N-]C(N)=[OH+])c1[OH2+].[Co+2].[OH-].c1ccncc1. The van der Waals surface area contributed by atoms with Crippen molar-refractivity contribution >= 4 is 12.2 Å². The zero-order valence-corrected chi connectivity index (χ0v) is 13.3. The third-order valence-electron chi connectivity index (χ3n) is 2.20. The predicted octanol–water partition coefficient (Wildman–Crippen LogP) is 1.16. The number of urea groups is 1. The summed E-state index contributed by atoms with van der Waals surface area (Å²) in [6.45, 7) is 0. The molecule has 23 heavy (non-hydrogen) atoms. The zero-order chi connectivity index (χ0) is 15.5. The van der Waals surface area contributed by atoms with Crippen LogP contribution in [0.1, 0.15) is 5.56 Å². The van der Waals surface area contributed by atoms with Crippen molar-refractivity contribution < 1.29 is 36.9 Å². The van der Waals surface area contributed by atoms with Gasteiger partial charge in [-0.3, -0.25) is 20.3 Å². The standard InChI is InChI=1S/C9H11N3O3.C5H5N.Co.H2O/c1-15-7-4-2-3-6(8(7)13)5-11-12-9(10)14;1-2-4-6-5-3-1;;/h2-5H,1H3,(H4,10,11,12,13,14);1-5H;;1H2/q;;+2;. The quantitative estimate of drug-likeness (QED) is 0.494. The minimum atomic E-state index is -0.624. The van der Waals surface area contributed by atoms with Crippen LogP contribution < -0.4 is 10.5 Å². The molecule has 0 saturated carbocycles. The van der Waals surface area contributed by atoms with E-state index in [1.165, 1.54) is 13.3 Å². The van der Waals surface area contributed by atoms with Crippen LogP contribution in [0.25, 0.3) is 5.43 Å². The second-order valence-corrected chi connectivity index (χ2v) is 3.65. The fraction of sp³-hybridized carbons (Fsp3) is 0.0714. The van der Waals surface area contributed by atoms with Gasteiger partial charge >= 0.3 is 28.6 Å². The van der Waals surface area contributed by atoms with Crippen molar-refractivity contribution in [3.8, 4) is 11.5 Å². The van der Waals surface area contributed by atoms with Crippen LogP contribution in [0.4, 0.5) is 0 Å². The first-order valence-corrected chi connectivity index (χ1v) is 5.94. The molecule has 0 fully saturated rings. The summed E-state index contributed by atoms with van der Waals surface area (Å²) in [5.74, 6) is 0.648. The van der Waals surface area contributed by atoms with Gasteiger partial charge in [-0.15, -0.1) is 0 Å². The number of primary amides is 1. The topological polar surface area (TPSA) is 149 Å². The summed E-state index contributed by atoms with van der Waals surface area (Å²) in [6, 6.07) is 10.2. The second kappa shape index (κ2) is 13.1. The molecule has 0 bridgehead atoms. The van der Waals surface area contributed by atoms with Gasteiger partial charge in [-0.25, -0.2) is 0 Å². The molecule has 6 N–H and O–H groups in total. The summed E-state index contributed by atoms with van der Waals surface area (Å²) in [5.41, 5.74) is 8.61. The van der Waals surface area contributed by atoms with E-state index < -0.39 is 6.03 Å². The molecule has 0 aliphatic rings. The van der Waals surface area contributed by atoms with E-state index in [9.17, 15) is 0 Å². The van der Waals surface area contributed by atoms with Crippen LogP contribution in [0, 0.1) is 0 Å². The minimum absolute atomic E-state index is 0. The molecule has 1 aromatic carbocycles. The molecule has 1 heterocycles. The first-order chi connectivity index (χ1) is 10.1. The Morgan fingerprint density at radius 3 is 2.39 bits per heavy atom. The number of nitrogens with zero attached hydrogens (tertiary/aromatic N) is 3. The van der Waals surface area contributed by atoms with Gasteiger partial charge in [-0.2, -0.15) is 0 Å². The molecule has 0 unspecified atom stereocenters. The Labute approximate surface area is 143 Å². The first kappa shape index (κ1) is 22.7. The molecule has 2 amide bonds. The third-order valence-corrected chi connectivity index (χ3v) is 2.20. The maximum absolute atomic E-state index is 8.54. The van der Waals surface area contributed by atoms with Gasteiger partial charge in [-0.1, -0.05) is 12.1 Å². The molecule has 1 radical (unpaired) electrons. The van der Waals surface area contributed by atoms with Gasteiger partial charge in [0, 0.05) is 18.6 Å². The smallest absolute Gasteiger partial charge is 0.870 e. The van der Waals surface area contributed by atoms with Gasteiger partial charge in [0.25, 0.3) is 0 Å². The first-order valence-electron chi connectivity index (χ1n) is 5.94. The molecule has 0 spiro atoms. The van der Waals surface area contributed by atoms with E-state index in [0.29, 0.717) is 11.3 Å². The molecule has 0 saturated heterocycles. The molecule has 1 aromatic heterocycles. The van der Waals surface area contributed by atoms with Crippen molar-refractivity contribution in [2.24, 2.45) is 10.8 Å². The average molecular weight is 365 g/mol. The third kappa shape index (κ3) is 9.09. The van der Waals surface area contributed by atoms with Crippen LogP contribution in [0.15, 0.2) is 53.9 Å². The van der Waals surface area contributed by atoms with Gasteiger partial charge in [0.05, 0.1) is 12.7 Å². The van der Waals surface area contributed by atoms with E-state index in [2.05, 4.69) is 15.5 Å². The minimum Gasteiger partial charge on any atom is -0.870 e. The van der Waals surface area contributed by atoms with Gasteiger partial charge < -0.3 is 21.1 Å². The van der Waals surface area contributed by atoms with E-state index in [0.717, 1.165) is 0 Å². The predicted molar refractivity (Wildman–Crippen MR) is 84.3 cm³/mol. The number of amides is 2. The number of aromatic nitrogens is 1. The Morgan fingerprint density at radius 2 is 1.96 bits per heavy atom. The molecular formula is C14H18CoN4O4+2. The van der Waals surface area contributed by atoms with Gasteiger partial charge in [-0.05, 0) is 24.3 Å². The van der Waals surface area contributed by atoms with E-state index >= 15 is 0 Å². The number of rotatable bonds is 3. The van der Waals surface area contributed by atoms with E-state index in [4.69, 9.17) is 20.4 Å². The van der Waals surface area contributed by atoms with Crippen LogP contribution >= 0.6 is 0 Å². The fourth-order valence-corrected chi connectivity index (χ4v) is 1.29. The molecule has 9 heteroatoms. The van der Waals surface area contributed by atoms with E-state index in [1.54, 1.807) is 30.6 Å². The van der Waals surface area contributed by atoms with Crippen molar-refractivity contribution in [1.82, 2.24) is 4.98 Å². The molecule has 125 valence electrons. The summed E-state index contributed by atoms with van der Waals surface area (Å²) < 4.78 is 4.95. The number of para-hydroxylation sites is 1. The summed E-state index contributed by atoms with van der Waals surface area (Å²) in [6.07, 6.45) is 4.81. The summed E-state index contributed by atoms with van der Waals surface area (Å²) in [5, 5.41) is 11.2. The van der Waals surface area contributed by atoms with Crippen molar-refractivity contribution in [2.45, 2.75) is 0 Å². The molecule has 0 atom stereocenters. The molecule has 0 aliphatic carbocycles. The number of nitrogens with two attached hydrogens (primary N) is 1. The Bertz CT molecular complexity index is 570. The van der Waals surface area contributed by atoms with Gasteiger partial charge in [0.15, 0.2) is 0 Å². The number of hydrogen-bond acceptors (Lipinski definition) is 4. The van der Waals surface area contributed by atoms with E-state index in [1.807, 2.05) is 18.2 Å². The van der Waals surface area contributed by atoms with Crippen LogP contribution in [0.5, 0.6) is 11.5 Å². The van der Waals surface area contributed by atoms with E-state index in [-0.39, 0.29) is 28.0 Å². The molecular weight excluding hydrogens is 347 g/mol. The monoisotopic (exact) mass is 365 g/mol. The summed E-state index contributed by atoms with van der Waals surface area (Å²) in [4.78, 5) is 12.3. The second-order valence-electron chi connectivity index (χ2n) is 3.65. The molecule has 2 rings (SSSR count). The average Bonchev–Trinajstić information content (AvgIpc) is 2.51. The van der Waals surface area contributed by atoms with Crippen molar-refractivity contribution in [3.63, 3.8) is 0 Å². The van der Waals surface area contributed by atoms with Gasteiger partial charge in [0.2, 0.25) is 5.75 Å². The Kier molecular flexibility index (Phi) is 12.9.